The molecule has 3 aromatic heterocycles. The lowest BCUT2D eigenvalue weighted by atomic mass is 9.82. The molecule has 6 heteroatoms. The lowest BCUT2D eigenvalue weighted by Crippen LogP contribution is -2.46. The van der Waals surface area contributed by atoms with Crippen LogP contribution in [0.4, 0.5) is 0 Å². The largest absolute Gasteiger partial charge is 0.385 e. The van der Waals surface area contributed by atoms with Gasteiger partial charge in [0.1, 0.15) is 5.65 Å². The normalized spacial score (nSPS) is 28.6. The van der Waals surface area contributed by atoms with Gasteiger partial charge in [0.2, 0.25) is 0 Å². The van der Waals surface area contributed by atoms with Gasteiger partial charge in [0, 0.05) is 51.7 Å². The SMILES string of the molecule is OC1(c2ccc(-c3ccnc4[nH]cc(Br)c34)nc2)CC2CCC(C1)N2. The molecular formula is C19H19BrN4O. The molecule has 3 N–H and O–H groups in total. The van der Waals surface area contributed by atoms with Crippen LogP contribution in [0.2, 0.25) is 0 Å². The third-order valence-corrected chi connectivity index (χ3v) is 6.23. The zero-order valence-corrected chi connectivity index (χ0v) is 15.3. The second kappa shape index (κ2) is 5.62. The van der Waals surface area contributed by atoms with Crippen LogP contribution in [0.15, 0.2) is 41.3 Å². The zero-order valence-electron chi connectivity index (χ0n) is 13.7. The lowest BCUT2D eigenvalue weighted by molar-refractivity contribution is -0.0117. The van der Waals surface area contributed by atoms with Crippen LogP contribution in [0.5, 0.6) is 0 Å². The Hall–Kier alpha value is -1.76. The summed E-state index contributed by atoms with van der Waals surface area (Å²) in [6.07, 6.45) is 9.38. The summed E-state index contributed by atoms with van der Waals surface area (Å²) in [6.45, 7) is 0. The van der Waals surface area contributed by atoms with Gasteiger partial charge in [-0.1, -0.05) is 6.07 Å². The molecule has 0 amide bonds. The fraction of sp³-hybridized carbons (Fsp3) is 0.368. The number of hydrogen-bond acceptors (Lipinski definition) is 4. The van der Waals surface area contributed by atoms with E-state index in [4.69, 9.17) is 0 Å². The van der Waals surface area contributed by atoms with Gasteiger partial charge in [0.05, 0.1) is 11.3 Å². The molecule has 0 saturated carbocycles. The highest BCUT2D eigenvalue weighted by molar-refractivity contribution is 9.10. The van der Waals surface area contributed by atoms with Gasteiger partial charge in [-0.25, -0.2) is 4.98 Å². The van der Waals surface area contributed by atoms with Gasteiger partial charge in [-0.05, 0) is 53.7 Å². The van der Waals surface area contributed by atoms with Gasteiger partial charge >= 0.3 is 0 Å². The van der Waals surface area contributed by atoms with Crippen LogP contribution in [0, 0.1) is 0 Å². The number of rotatable bonds is 2. The third-order valence-electron chi connectivity index (χ3n) is 5.61. The third kappa shape index (κ3) is 2.51. The molecule has 0 aromatic carbocycles. The van der Waals surface area contributed by atoms with Crippen LogP contribution in [0.25, 0.3) is 22.3 Å². The van der Waals surface area contributed by atoms with Crippen LogP contribution < -0.4 is 5.32 Å². The summed E-state index contributed by atoms with van der Waals surface area (Å²) >= 11 is 3.57. The number of fused-ring (bicyclic) bond motifs is 3. The Labute approximate surface area is 154 Å². The van der Waals surface area contributed by atoms with Crippen molar-refractivity contribution in [2.45, 2.75) is 43.4 Å². The predicted molar refractivity (Wildman–Crippen MR) is 100 cm³/mol. The number of nitrogens with zero attached hydrogens (tertiary/aromatic N) is 2. The summed E-state index contributed by atoms with van der Waals surface area (Å²) in [4.78, 5) is 12.2. The van der Waals surface area contributed by atoms with E-state index >= 15 is 0 Å². The Morgan fingerprint density at radius 1 is 1.12 bits per heavy atom. The van der Waals surface area contributed by atoms with E-state index in [0.717, 1.165) is 58.0 Å². The Balaban J connectivity index is 1.52. The highest BCUT2D eigenvalue weighted by Gasteiger charge is 2.43. The molecule has 0 spiro atoms. The average Bonchev–Trinajstić information content (AvgIpc) is 3.18. The van der Waals surface area contributed by atoms with E-state index in [1.807, 2.05) is 30.6 Å². The van der Waals surface area contributed by atoms with Crippen LogP contribution in [0.1, 0.15) is 31.2 Å². The summed E-state index contributed by atoms with van der Waals surface area (Å²) < 4.78 is 0.977. The van der Waals surface area contributed by atoms with E-state index in [1.54, 1.807) is 6.20 Å². The number of piperidine rings is 1. The second-order valence-electron chi connectivity index (χ2n) is 7.23. The molecular weight excluding hydrogens is 380 g/mol. The Kier molecular flexibility index (Phi) is 3.48. The lowest BCUT2D eigenvalue weighted by Gasteiger charge is -2.37. The molecule has 2 fully saturated rings. The minimum Gasteiger partial charge on any atom is -0.385 e. The van der Waals surface area contributed by atoms with Crippen LogP contribution >= 0.6 is 15.9 Å². The minimum absolute atomic E-state index is 0.430. The number of H-pyrrole nitrogens is 1. The summed E-state index contributed by atoms with van der Waals surface area (Å²) in [5, 5.41) is 15.8. The van der Waals surface area contributed by atoms with Crippen molar-refractivity contribution in [2.75, 3.05) is 0 Å². The summed E-state index contributed by atoms with van der Waals surface area (Å²) in [5.41, 5.74) is 2.92. The fourth-order valence-electron chi connectivity index (χ4n) is 4.42. The Bertz CT molecular complexity index is 924. The van der Waals surface area contributed by atoms with Gasteiger partial charge in [0.15, 0.2) is 0 Å². The van der Waals surface area contributed by atoms with Crippen molar-refractivity contribution in [2.24, 2.45) is 0 Å². The van der Waals surface area contributed by atoms with Gasteiger partial charge in [-0.3, -0.25) is 4.98 Å². The molecule has 5 rings (SSSR count). The molecule has 2 aliphatic heterocycles. The van der Waals surface area contributed by atoms with E-state index in [2.05, 4.69) is 36.2 Å². The summed E-state index contributed by atoms with van der Waals surface area (Å²) in [7, 11) is 0. The number of pyridine rings is 2. The monoisotopic (exact) mass is 398 g/mol. The molecule has 2 saturated heterocycles. The highest BCUT2D eigenvalue weighted by atomic mass is 79.9. The van der Waals surface area contributed by atoms with Crippen molar-refractivity contribution in [1.82, 2.24) is 20.3 Å². The number of aromatic amines is 1. The molecule has 2 unspecified atom stereocenters. The summed E-state index contributed by atoms with van der Waals surface area (Å²) in [6, 6.07) is 6.87. The number of nitrogens with one attached hydrogen (secondary N) is 2. The van der Waals surface area contributed by atoms with Gasteiger partial charge < -0.3 is 15.4 Å². The quantitative estimate of drug-likeness (QED) is 0.617. The molecule has 5 heterocycles. The van der Waals surface area contributed by atoms with Crippen molar-refractivity contribution in [3.05, 3.63) is 46.8 Å². The molecule has 0 radical (unpaired) electrons. The smallest absolute Gasteiger partial charge is 0.139 e. The molecule has 5 nitrogen and oxygen atoms in total. The van der Waals surface area contributed by atoms with Crippen molar-refractivity contribution >= 4 is 27.0 Å². The molecule has 2 bridgehead atoms. The Morgan fingerprint density at radius 2 is 1.92 bits per heavy atom. The molecule has 2 aliphatic rings. The zero-order chi connectivity index (χ0) is 17.0. The van der Waals surface area contributed by atoms with Crippen molar-refractivity contribution in [3.8, 4) is 11.3 Å². The standard InChI is InChI=1S/C19H19BrN4O/c20-15-10-23-18-17(15)14(5-6-21-18)16-4-1-11(9-22-16)19(25)7-12-2-3-13(8-19)24-12/h1,4-6,9-10,12-13,24-25H,2-3,7-8H2,(H,21,23). The number of aliphatic hydroxyl groups is 1. The number of aromatic nitrogens is 3. The molecule has 3 aromatic rings. The van der Waals surface area contributed by atoms with Crippen LogP contribution in [0.3, 0.4) is 0 Å². The first-order chi connectivity index (χ1) is 12.1. The molecule has 25 heavy (non-hydrogen) atoms. The first-order valence-electron chi connectivity index (χ1n) is 8.69. The maximum Gasteiger partial charge on any atom is 0.139 e. The second-order valence-corrected chi connectivity index (χ2v) is 8.08. The molecule has 128 valence electrons. The van der Waals surface area contributed by atoms with E-state index in [1.165, 1.54) is 0 Å². The van der Waals surface area contributed by atoms with E-state index in [9.17, 15) is 5.11 Å². The first kappa shape index (κ1) is 15.5. The maximum atomic E-state index is 11.2. The van der Waals surface area contributed by atoms with Crippen molar-refractivity contribution in [1.29, 1.82) is 0 Å². The first-order valence-corrected chi connectivity index (χ1v) is 9.49. The minimum atomic E-state index is -0.759. The number of hydrogen-bond donors (Lipinski definition) is 3. The van der Waals surface area contributed by atoms with Gasteiger partial charge in [0.25, 0.3) is 0 Å². The fourth-order valence-corrected chi connectivity index (χ4v) is 4.93. The topological polar surface area (TPSA) is 73.8 Å². The number of halogens is 1. The van der Waals surface area contributed by atoms with E-state index in [0.29, 0.717) is 12.1 Å². The van der Waals surface area contributed by atoms with Crippen LogP contribution in [-0.4, -0.2) is 32.1 Å². The Morgan fingerprint density at radius 3 is 2.64 bits per heavy atom. The van der Waals surface area contributed by atoms with Gasteiger partial charge in [-0.2, -0.15) is 0 Å². The average molecular weight is 399 g/mol. The summed E-state index contributed by atoms with van der Waals surface area (Å²) in [5.74, 6) is 0. The molecule has 0 aliphatic carbocycles. The van der Waals surface area contributed by atoms with Crippen molar-refractivity contribution in [3.63, 3.8) is 0 Å². The maximum absolute atomic E-state index is 11.2. The highest BCUT2D eigenvalue weighted by Crippen LogP contribution is 2.41. The molecule has 2 atom stereocenters. The predicted octanol–water partition coefficient (Wildman–Crippen LogP) is 3.49. The van der Waals surface area contributed by atoms with Gasteiger partial charge in [-0.15, -0.1) is 0 Å². The van der Waals surface area contributed by atoms with Crippen LogP contribution in [-0.2, 0) is 5.60 Å². The van der Waals surface area contributed by atoms with E-state index < -0.39 is 5.60 Å². The van der Waals surface area contributed by atoms with E-state index in [-0.39, 0.29) is 0 Å². The van der Waals surface area contributed by atoms with Crippen molar-refractivity contribution < 1.29 is 5.11 Å².